The van der Waals surface area contributed by atoms with Crippen LogP contribution in [0.4, 0.5) is 5.69 Å². The van der Waals surface area contributed by atoms with E-state index in [1.54, 1.807) is 12.3 Å². The van der Waals surface area contributed by atoms with Gasteiger partial charge in [0.25, 0.3) is 5.91 Å². The Morgan fingerprint density at radius 2 is 2.21 bits per heavy atom. The summed E-state index contributed by atoms with van der Waals surface area (Å²) >= 11 is 7.06. The van der Waals surface area contributed by atoms with Crippen LogP contribution in [0.3, 0.4) is 0 Å². The Morgan fingerprint density at radius 1 is 1.47 bits per heavy atom. The van der Waals surface area contributed by atoms with E-state index in [0.29, 0.717) is 16.3 Å². The molecule has 1 amide bonds. The molecule has 1 N–H and O–H groups in total. The van der Waals surface area contributed by atoms with E-state index in [9.17, 15) is 4.79 Å². The lowest BCUT2D eigenvalue weighted by Crippen LogP contribution is -2.14. The Morgan fingerprint density at radius 3 is 2.84 bits per heavy atom. The number of carbonyl (C=O) groups excluding carboxylic acids is 1. The number of nitrogens with one attached hydrogen (secondary N) is 1. The average molecular weight is 297 g/mol. The summed E-state index contributed by atoms with van der Waals surface area (Å²) in [6, 6.07) is 1.79. The highest BCUT2D eigenvalue weighted by molar-refractivity contribution is 7.08. The minimum atomic E-state index is -0.253. The molecule has 0 saturated carbocycles. The molecular formula is C12H13ClN4OS. The topological polar surface area (TPSA) is 67.8 Å². The van der Waals surface area contributed by atoms with Gasteiger partial charge in [-0.05, 0) is 36.0 Å². The lowest BCUT2D eigenvalue weighted by molar-refractivity contribution is 0.102. The summed E-state index contributed by atoms with van der Waals surface area (Å²) in [5.41, 5.74) is 2.08. The minimum Gasteiger partial charge on any atom is -0.318 e. The minimum absolute atomic E-state index is 0.143. The Bertz CT molecular complexity index is 591. The number of aromatic nitrogens is 3. The monoisotopic (exact) mass is 296 g/mol. The van der Waals surface area contributed by atoms with Gasteiger partial charge in [-0.1, -0.05) is 29.9 Å². The number of nitrogens with zero attached hydrogens (tertiary/aromatic N) is 3. The predicted octanol–water partition coefficient (Wildman–Crippen LogP) is 3.27. The first-order chi connectivity index (χ1) is 9.00. The molecule has 0 fully saturated rings. The molecule has 0 aliphatic heterocycles. The van der Waals surface area contributed by atoms with Crippen molar-refractivity contribution in [3.05, 3.63) is 33.6 Å². The van der Waals surface area contributed by atoms with Crippen LogP contribution in [0.15, 0.2) is 12.3 Å². The van der Waals surface area contributed by atoms with Crippen LogP contribution in [0.2, 0.25) is 5.15 Å². The Balaban J connectivity index is 2.29. The predicted molar refractivity (Wildman–Crippen MR) is 75.9 cm³/mol. The summed E-state index contributed by atoms with van der Waals surface area (Å²) in [6.07, 6.45) is 1.60. The van der Waals surface area contributed by atoms with Crippen molar-refractivity contribution in [3.63, 3.8) is 0 Å². The molecule has 0 bridgehead atoms. The van der Waals surface area contributed by atoms with Gasteiger partial charge in [0.1, 0.15) is 4.88 Å². The van der Waals surface area contributed by atoms with Crippen LogP contribution >= 0.6 is 23.1 Å². The fourth-order valence-electron chi connectivity index (χ4n) is 1.58. The van der Waals surface area contributed by atoms with Crippen molar-refractivity contribution in [2.75, 3.05) is 5.32 Å². The molecule has 0 aromatic carbocycles. The largest absolute Gasteiger partial charge is 0.318 e. The lowest BCUT2D eigenvalue weighted by Gasteiger charge is -2.09. The molecule has 2 aromatic heterocycles. The third-order valence-electron chi connectivity index (χ3n) is 2.62. The number of pyridine rings is 1. The van der Waals surface area contributed by atoms with Gasteiger partial charge in [-0.15, -0.1) is 5.10 Å². The molecule has 5 nitrogen and oxygen atoms in total. The SMILES string of the molecule is Cc1ccnc(Cl)c1NC(=O)c1snnc1C(C)C. The zero-order valence-electron chi connectivity index (χ0n) is 10.8. The van der Waals surface area contributed by atoms with Crippen molar-refractivity contribution >= 4 is 34.7 Å². The Hall–Kier alpha value is -1.53. The molecular weight excluding hydrogens is 284 g/mol. The highest BCUT2D eigenvalue weighted by Crippen LogP contribution is 2.25. The van der Waals surface area contributed by atoms with E-state index < -0.39 is 0 Å². The van der Waals surface area contributed by atoms with Crippen LogP contribution in [0.5, 0.6) is 0 Å². The normalized spacial score (nSPS) is 10.8. The Kier molecular flexibility index (Phi) is 4.11. The number of halogens is 1. The molecule has 0 saturated heterocycles. The van der Waals surface area contributed by atoms with E-state index in [4.69, 9.17) is 11.6 Å². The van der Waals surface area contributed by atoms with Crippen LogP contribution in [0.1, 0.15) is 40.7 Å². The van der Waals surface area contributed by atoms with E-state index >= 15 is 0 Å². The number of hydrogen-bond donors (Lipinski definition) is 1. The molecule has 0 aliphatic rings. The molecule has 0 atom stereocenters. The molecule has 2 rings (SSSR count). The maximum Gasteiger partial charge on any atom is 0.269 e. The second kappa shape index (κ2) is 5.63. The smallest absolute Gasteiger partial charge is 0.269 e. The van der Waals surface area contributed by atoms with Crippen molar-refractivity contribution in [3.8, 4) is 0 Å². The quantitative estimate of drug-likeness (QED) is 0.883. The zero-order chi connectivity index (χ0) is 14.0. The third-order valence-corrected chi connectivity index (χ3v) is 3.64. The number of rotatable bonds is 3. The fraction of sp³-hybridized carbons (Fsp3) is 0.333. The standard InChI is InChI=1S/C12H13ClN4OS/c1-6(2)8-10(19-17-16-8)12(18)15-9-7(3)4-5-14-11(9)13/h4-6H,1-3H3,(H,15,18). The van der Waals surface area contributed by atoms with Crippen LogP contribution in [0, 0.1) is 6.92 Å². The van der Waals surface area contributed by atoms with Gasteiger partial charge in [-0.25, -0.2) is 4.98 Å². The molecule has 0 spiro atoms. The van der Waals surface area contributed by atoms with Crippen molar-refractivity contribution in [2.24, 2.45) is 0 Å². The molecule has 2 heterocycles. The number of aryl methyl sites for hydroxylation is 1. The lowest BCUT2D eigenvalue weighted by atomic mass is 10.1. The average Bonchev–Trinajstić information content (AvgIpc) is 2.83. The molecule has 7 heteroatoms. The number of amides is 1. The zero-order valence-corrected chi connectivity index (χ0v) is 12.3. The van der Waals surface area contributed by atoms with E-state index in [1.807, 2.05) is 20.8 Å². The highest BCUT2D eigenvalue weighted by atomic mass is 35.5. The molecule has 0 unspecified atom stereocenters. The maximum absolute atomic E-state index is 12.2. The van der Waals surface area contributed by atoms with Gasteiger partial charge in [0.2, 0.25) is 0 Å². The van der Waals surface area contributed by atoms with Crippen LogP contribution < -0.4 is 5.32 Å². The van der Waals surface area contributed by atoms with Crippen LogP contribution in [0.25, 0.3) is 0 Å². The van der Waals surface area contributed by atoms with Gasteiger partial charge >= 0.3 is 0 Å². The molecule has 100 valence electrons. The highest BCUT2D eigenvalue weighted by Gasteiger charge is 2.20. The second-order valence-corrected chi connectivity index (χ2v) is 5.50. The van der Waals surface area contributed by atoms with Crippen LogP contribution in [-0.4, -0.2) is 20.5 Å². The Labute approximate surface area is 120 Å². The number of carbonyl (C=O) groups is 1. The van der Waals surface area contributed by atoms with Gasteiger partial charge in [0.15, 0.2) is 5.15 Å². The van der Waals surface area contributed by atoms with Crippen molar-refractivity contribution < 1.29 is 4.79 Å². The molecule has 19 heavy (non-hydrogen) atoms. The summed E-state index contributed by atoms with van der Waals surface area (Å²) in [5, 5.41) is 7.03. The summed E-state index contributed by atoms with van der Waals surface area (Å²) in [5.74, 6) is -0.110. The van der Waals surface area contributed by atoms with Crippen molar-refractivity contribution in [1.29, 1.82) is 0 Å². The summed E-state index contributed by atoms with van der Waals surface area (Å²) < 4.78 is 3.83. The van der Waals surface area contributed by atoms with Crippen LogP contribution in [-0.2, 0) is 0 Å². The summed E-state index contributed by atoms with van der Waals surface area (Å²) in [6.45, 7) is 5.79. The first-order valence-electron chi connectivity index (χ1n) is 5.75. The van der Waals surface area contributed by atoms with Crippen molar-refractivity contribution in [2.45, 2.75) is 26.7 Å². The molecule has 2 aromatic rings. The number of hydrogen-bond acceptors (Lipinski definition) is 5. The second-order valence-electron chi connectivity index (χ2n) is 4.39. The van der Waals surface area contributed by atoms with Gasteiger partial charge in [-0.3, -0.25) is 4.79 Å². The van der Waals surface area contributed by atoms with Gasteiger partial charge in [0, 0.05) is 6.20 Å². The van der Waals surface area contributed by atoms with E-state index in [1.165, 1.54) is 0 Å². The van der Waals surface area contributed by atoms with E-state index in [0.717, 1.165) is 17.1 Å². The first kappa shape index (κ1) is 13.9. The van der Waals surface area contributed by atoms with Crippen molar-refractivity contribution in [1.82, 2.24) is 14.6 Å². The summed E-state index contributed by atoms with van der Waals surface area (Å²) in [4.78, 5) is 16.7. The summed E-state index contributed by atoms with van der Waals surface area (Å²) in [7, 11) is 0. The van der Waals surface area contributed by atoms with Gasteiger partial charge in [-0.2, -0.15) is 0 Å². The van der Waals surface area contributed by atoms with E-state index in [-0.39, 0.29) is 17.0 Å². The molecule has 0 aliphatic carbocycles. The maximum atomic E-state index is 12.2. The first-order valence-corrected chi connectivity index (χ1v) is 6.90. The van der Waals surface area contributed by atoms with Gasteiger partial charge in [0.05, 0.1) is 11.4 Å². The third kappa shape index (κ3) is 2.90. The molecule has 0 radical (unpaired) electrons. The van der Waals surface area contributed by atoms with E-state index in [2.05, 4.69) is 19.9 Å². The fourth-order valence-corrected chi connectivity index (χ4v) is 2.55. The van der Waals surface area contributed by atoms with Gasteiger partial charge < -0.3 is 5.32 Å². The number of anilines is 1.